The summed E-state index contributed by atoms with van der Waals surface area (Å²) >= 11 is 0. The van der Waals surface area contributed by atoms with Gasteiger partial charge in [0, 0.05) is 11.1 Å². The molecule has 0 aromatic heterocycles. The lowest BCUT2D eigenvalue weighted by molar-refractivity contribution is -0.484. The maximum absolute atomic E-state index is 11.9. The fourth-order valence-corrected chi connectivity index (χ4v) is 1.89. The highest BCUT2D eigenvalue weighted by atomic mass is 16.6. The molecule has 0 fully saturated rings. The Bertz CT molecular complexity index is 580. The fraction of sp³-hybridized carbons (Fsp3) is 0.375. The van der Waals surface area contributed by atoms with Gasteiger partial charge in [-0.2, -0.15) is 0 Å². The van der Waals surface area contributed by atoms with Gasteiger partial charge in [-0.05, 0) is 19.4 Å². The van der Waals surface area contributed by atoms with Crippen molar-refractivity contribution in [1.29, 1.82) is 0 Å². The minimum atomic E-state index is -0.851. The molecule has 8 heteroatoms. The molecule has 8 nitrogen and oxygen atoms in total. The van der Waals surface area contributed by atoms with Crippen LogP contribution in [0.1, 0.15) is 25.5 Å². The van der Waals surface area contributed by atoms with Gasteiger partial charge in [0.05, 0.1) is 13.2 Å². The third-order valence-electron chi connectivity index (χ3n) is 2.95. The molecule has 0 heterocycles. The van der Waals surface area contributed by atoms with E-state index in [1.807, 2.05) is 0 Å². The standard InChI is InChI=1S/C16H20N2O6/c1-3-23-15(19)13(16(20)24-4-2)10-17-14(11-18(21)22)12-8-6-5-7-9-12/h5-10,14,17H,3-4,11H2,1-2H3. The molecule has 130 valence electrons. The number of nitrogens with zero attached hydrogens (tertiary/aromatic N) is 1. The fourth-order valence-electron chi connectivity index (χ4n) is 1.89. The quantitative estimate of drug-likeness (QED) is 0.182. The number of benzene rings is 1. The van der Waals surface area contributed by atoms with Crippen molar-refractivity contribution in [3.8, 4) is 0 Å². The van der Waals surface area contributed by atoms with Gasteiger partial charge in [-0.15, -0.1) is 0 Å². The lowest BCUT2D eigenvalue weighted by Gasteiger charge is -2.15. The van der Waals surface area contributed by atoms with Crippen LogP contribution in [0.15, 0.2) is 42.1 Å². The van der Waals surface area contributed by atoms with Gasteiger partial charge in [0.1, 0.15) is 6.04 Å². The SMILES string of the molecule is CCOC(=O)C(=CNC(C[N+](=O)[O-])c1ccccc1)C(=O)OCC. The minimum Gasteiger partial charge on any atom is -0.462 e. The van der Waals surface area contributed by atoms with Gasteiger partial charge in [-0.3, -0.25) is 10.1 Å². The van der Waals surface area contributed by atoms with E-state index in [0.717, 1.165) is 6.20 Å². The van der Waals surface area contributed by atoms with Crippen molar-refractivity contribution in [2.75, 3.05) is 19.8 Å². The molecule has 1 aromatic carbocycles. The summed E-state index contributed by atoms with van der Waals surface area (Å²) in [7, 11) is 0. The van der Waals surface area contributed by atoms with E-state index < -0.39 is 29.4 Å². The van der Waals surface area contributed by atoms with Crippen molar-refractivity contribution in [3.63, 3.8) is 0 Å². The Kier molecular flexibility index (Phi) is 7.97. The van der Waals surface area contributed by atoms with E-state index in [-0.39, 0.29) is 18.8 Å². The topological polar surface area (TPSA) is 108 Å². The Balaban J connectivity index is 3.02. The highest BCUT2D eigenvalue weighted by molar-refractivity contribution is 6.13. The summed E-state index contributed by atoms with van der Waals surface area (Å²) in [4.78, 5) is 34.1. The monoisotopic (exact) mass is 336 g/mol. The Hall–Kier alpha value is -2.90. The van der Waals surface area contributed by atoms with Gasteiger partial charge in [0.15, 0.2) is 5.57 Å². The number of esters is 2. The number of nitro groups is 1. The molecule has 0 amide bonds. The van der Waals surface area contributed by atoms with E-state index in [9.17, 15) is 19.7 Å². The number of carbonyl (C=O) groups excluding carboxylic acids is 2. The van der Waals surface area contributed by atoms with E-state index in [2.05, 4.69) is 5.32 Å². The molecular formula is C16H20N2O6. The summed E-state index contributed by atoms with van der Waals surface area (Å²) in [5.74, 6) is -1.70. The van der Waals surface area contributed by atoms with E-state index in [4.69, 9.17) is 9.47 Å². The zero-order valence-corrected chi connectivity index (χ0v) is 13.6. The van der Waals surface area contributed by atoms with Crippen LogP contribution in [0.5, 0.6) is 0 Å². The summed E-state index contributed by atoms with van der Waals surface area (Å²) in [6.45, 7) is 2.97. The van der Waals surface area contributed by atoms with Gasteiger partial charge < -0.3 is 14.8 Å². The number of nitrogens with one attached hydrogen (secondary N) is 1. The number of ether oxygens (including phenoxy) is 2. The molecule has 1 rings (SSSR count). The molecule has 1 N–H and O–H groups in total. The van der Waals surface area contributed by atoms with Crippen molar-refractivity contribution in [3.05, 3.63) is 57.8 Å². The highest BCUT2D eigenvalue weighted by Crippen LogP contribution is 2.13. The summed E-state index contributed by atoms with van der Waals surface area (Å²) in [6, 6.07) is 7.98. The first-order valence-corrected chi connectivity index (χ1v) is 7.46. The highest BCUT2D eigenvalue weighted by Gasteiger charge is 2.23. The first-order chi connectivity index (χ1) is 11.5. The molecule has 1 aromatic rings. The Morgan fingerprint density at radius 2 is 1.71 bits per heavy atom. The van der Waals surface area contributed by atoms with E-state index in [1.165, 1.54) is 0 Å². The van der Waals surface area contributed by atoms with Gasteiger partial charge in [0.2, 0.25) is 6.54 Å². The van der Waals surface area contributed by atoms with E-state index in [0.29, 0.717) is 5.56 Å². The van der Waals surface area contributed by atoms with E-state index in [1.54, 1.807) is 44.2 Å². The van der Waals surface area contributed by atoms with Crippen molar-refractivity contribution in [2.45, 2.75) is 19.9 Å². The number of carbonyl (C=O) groups is 2. The average molecular weight is 336 g/mol. The number of rotatable bonds is 9. The minimum absolute atomic E-state index is 0.0899. The Morgan fingerprint density at radius 1 is 1.17 bits per heavy atom. The Labute approximate surface area is 139 Å². The summed E-state index contributed by atoms with van der Waals surface area (Å²) in [5.41, 5.74) is 0.306. The first kappa shape index (κ1) is 19.1. The average Bonchev–Trinajstić information content (AvgIpc) is 2.55. The lowest BCUT2D eigenvalue weighted by atomic mass is 10.1. The van der Waals surface area contributed by atoms with E-state index >= 15 is 0 Å². The van der Waals surface area contributed by atoms with Crippen LogP contribution in [0.3, 0.4) is 0 Å². The molecule has 0 saturated heterocycles. The van der Waals surface area contributed by atoms with Crippen molar-refractivity contribution < 1.29 is 24.0 Å². The molecule has 0 aliphatic rings. The Morgan fingerprint density at radius 3 is 2.17 bits per heavy atom. The van der Waals surface area contributed by atoms with Crippen LogP contribution < -0.4 is 5.32 Å². The number of hydrogen-bond donors (Lipinski definition) is 1. The second-order valence-corrected chi connectivity index (χ2v) is 4.64. The molecule has 1 unspecified atom stereocenters. The van der Waals surface area contributed by atoms with Gasteiger partial charge in [-0.1, -0.05) is 30.3 Å². The molecule has 24 heavy (non-hydrogen) atoms. The summed E-state index contributed by atoms with van der Waals surface area (Å²) in [5, 5.41) is 13.6. The predicted molar refractivity (Wildman–Crippen MR) is 85.5 cm³/mol. The van der Waals surface area contributed by atoms with Gasteiger partial charge in [0.25, 0.3) is 0 Å². The van der Waals surface area contributed by atoms with Crippen molar-refractivity contribution in [1.82, 2.24) is 5.32 Å². The maximum atomic E-state index is 11.9. The second-order valence-electron chi connectivity index (χ2n) is 4.64. The second kappa shape index (κ2) is 9.98. The first-order valence-electron chi connectivity index (χ1n) is 7.46. The normalized spacial score (nSPS) is 11.1. The van der Waals surface area contributed by atoms with Crippen LogP contribution in [0.2, 0.25) is 0 Å². The summed E-state index contributed by atoms with van der Waals surface area (Å²) < 4.78 is 9.62. The molecule has 0 aliphatic heterocycles. The summed E-state index contributed by atoms with van der Waals surface area (Å²) in [6.07, 6.45) is 1.11. The largest absolute Gasteiger partial charge is 0.462 e. The molecular weight excluding hydrogens is 316 g/mol. The lowest BCUT2D eigenvalue weighted by Crippen LogP contribution is -2.27. The van der Waals surface area contributed by atoms with Crippen LogP contribution in [0.4, 0.5) is 0 Å². The van der Waals surface area contributed by atoms with Crippen LogP contribution in [-0.4, -0.2) is 36.6 Å². The molecule has 1 atom stereocenters. The van der Waals surface area contributed by atoms with Gasteiger partial charge >= 0.3 is 11.9 Å². The molecule has 0 radical (unpaired) electrons. The number of hydrogen-bond acceptors (Lipinski definition) is 7. The van der Waals surface area contributed by atoms with Crippen LogP contribution in [0.25, 0.3) is 0 Å². The van der Waals surface area contributed by atoms with Crippen molar-refractivity contribution >= 4 is 11.9 Å². The zero-order chi connectivity index (χ0) is 17.9. The molecule has 0 saturated carbocycles. The zero-order valence-electron chi connectivity index (χ0n) is 13.6. The predicted octanol–water partition coefficient (Wildman–Crippen LogP) is 1.60. The van der Waals surface area contributed by atoms with Gasteiger partial charge in [-0.25, -0.2) is 9.59 Å². The van der Waals surface area contributed by atoms with Crippen LogP contribution in [0, 0.1) is 10.1 Å². The molecule has 0 bridgehead atoms. The van der Waals surface area contributed by atoms with Crippen LogP contribution >= 0.6 is 0 Å². The molecule has 0 spiro atoms. The molecule has 0 aliphatic carbocycles. The van der Waals surface area contributed by atoms with Crippen LogP contribution in [-0.2, 0) is 19.1 Å². The smallest absolute Gasteiger partial charge is 0.347 e. The third-order valence-corrected chi connectivity index (χ3v) is 2.95. The van der Waals surface area contributed by atoms with Crippen molar-refractivity contribution in [2.24, 2.45) is 0 Å². The maximum Gasteiger partial charge on any atom is 0.347 e. The third kappa shape index (κ3) is 6.07.